The smallest absolute Gasteiger partial charge is 0.303 e. The van der Waals surface area contributed by atoms with Crippen molar-refractivity contribution >= 4 is 23.1 Å². The van der Waals surface area contributed by atoms with Gasteiger partial charge in [0.05, 0.1) is 0 Å². The third kappa shape index (κ3) is 4.72. The number of carbonyl (C=O) groups is 1. The lowest BCUT2D eigenvalue weighted by Gasteiger charge is -2.15. The summed E-state index contributed by atoms with van der Waals surface area (Å²) >= 11 is 6.01. The number of carboxylic acids is 1. The highest BCUT2D eigenvalue weighted by Crippen LogP contribution is 2.35. The summed E-state index contributed by atoms with van der Waals surface area (Å²) in [6.45, 7) is 4.66. The highest BCUT2D eigenvalue weighted by Gasteiger charge is 2.17. The molecule has 0 unspecified atom stereocenters. The van der Waals surface area contributed by atoms with Crippen LogP contribution in [0.4, 0.5) is 0 Å². The van der Waals surface area contributed by atoms with Crippen molar-refractivity contribution in [3.63, 3.8) is 0 Å². The lowest BCUT2D eigenvalue weighted by Crippen LogP contribution is -2.05. The molecule has 2 aromatic carbocycles. The minimum atomic E-state index is -0.768. The molecule has 4 heteroatoms. The average Bonchev–Trinajstić information content (AvgIpc) is 3.11. The van der Waals surface area contributed by atoms with Crippen LogP contribution in [-0.4, -0.2) is 17.7 Å². The second kappa shape index (κ2) is 8.62. The SMILES string of the molecule is Cc1c(CCC(=O)O)ccc(OCC2=C(c3ccc(Cl)cc3)CCC2)c1C. The standard InChI is InChI=1S/C23H25ClO3/c1-15-16(2)22(12-8-17(15)9-13-23(25)26)27-14-19-4-3-5-21(19)18-6-10-20(24)11-7-18/h6-8,10-12H,3-5,9,13-14H2,1-2H3,(H,25,26). The van der Waals surface area contributed by atoms with Crippen molar-refractivity contribution in [1.82, 2.24) is 0 Å². The predicted octanol–water partition coefficient (Wildman–Crippen LogP) is 5.99. The number of halogens is 1. The van der Waals surface area contributed by atoms with Gasteiger partial charge < -0.3 is 9.84 Å². The van der Waals surface area contributed by atoms with Crippen LogP contribution in [0.2, 0.25) is 5.02 Å². The molecule has 0 fully saturated rings. The second-order valence-electron chi connectivity index (χ2n) is 7.10. The normalized spacial score (nSPS) is 13.9. The summed E-state index contributed by atoms with van der Waals surface area (Å²) < 4.78 is 6.16. The fourth-order valence-electron chi connectivity index (χ4n) is 3.65. The highest BCUT2D eigenvalue weighted by atomic mass is 35.5. The third-order valence-electron chi connectivity index (χ3n) is 5.38. The Labute approximate surface area is 165 Å². The fraction of sp³-hybridized carbons (Fsp3) is 0.348. The minimum Gasteiger partial charge on any atom is -0.489 e. The zero-order valence-corrected chi connectivity index (χ0v) is 16.6. The molecule has 1 aliphatic rings. The fourth-order valence-corrected chi connectivity index (χ4v) is 3.78. The number of hydrogen-bond donors (Lipinski definition) is 1. The lowest BCUT2D eigenvalue weighted by molar-refractivity contribution is -0.136. The van der Waals surface area contributed by atoms with E-state index < -0.39 is 5.97 Å². The van der Waals surface area contributed by atoms with Crippen LogP contribution in [0.1, 0.15) is 47.9 Å². The summed E-state index contributed by atoms with van der Waals surface area (Å²) in [6, 6.07) is 12.0. The molecule has 27 heavy (non-hydrogen) atoms. The van der Waals surface area contributed by atoms with Gasteiger partial charge in [-0.15, -0.1) is 0 Å². The van der Waals surface area contributed by atoms with E-state index >= 15 is 0 Å². The molecule has 0 amide bonds. The minimum absolute atomic E-state index is 0.151. The average molecular weight is 385 g/mol. The molecule has 3 nitrogen and oxygen atoms in total. The van der Waals surface area contributed by atoms with Crippen LogP contribution in [0.25, 0.3) is 5.57 Å². The molecule has 0 saturated heterocycles. The maximum atomic E-state index is 10.8. The Hall–Kier alpha value is -2.26. The number of rotatable bonds is 7. The summed E-state index contributed by atoms with van der Waals surface area (Å²) in [7, 11) is 0. The number of hydrogen-bond acceptors (Lipinski definition) is 2. The molecule has 1 N–H and O–H groups in total. The van der Waals surface area contributed by atoms with Crippen molar-refractivity contribution < 1.29 is 14.6 Å². The van der Waals surface area contributed by atoms with E-state index in [1.807, 2.05) is 38.1 Å². The number of allylic oxidation sites excluding steroid dienone is 1. The first-order valence-electron chi connectivity index (χ1n) is 9.36. The van der Waals surface area contributed by atoms with Crippen molar-refractivity contribution in [2.45, 2.75) is 46.0 Å². The molecule has 0 bridgehead atoms. The van der Waals surface area contributed by atoms with Crippen LogP contribution in [0.5, 0.6) is 5.75 Å². The van der Waals surface area contributed by atoms with Gasteiger partial charge in [0.1, 0.15) is 12.4 Å². The summed E-state index contributed by atoms with van der Waals surface area (Å²) in [5, 5.41) is 9.65. The highest BCUT2D eigenvalue weighted by molar-refractivity contribution is 6.30. The van der Waals surface area contributed by atoms with Gasteiger partial charge in [0, 0.05) is 11.4 Å². The maximum absolute atomic E-state index is 10.8. The molecule has 3 rings (SSSR count). The molecule has 0 aliphatic heterocycles. The van der Waals surface area contributed by atoms with Crippen LogP contribution < -0.4 is 4.74 Å². The quantitative estimate of drug-likeness (QED) is 0.637. The molecule has 0 aromatic heterocycles. The molecule has 0 atom stereocenters. The first kappa shape index (κ1) is 19.5. The van der Waals surface area contributed by atoms with Gasteiger partial charge in [-0.2, -0.15) is 0 Å². The van der Waals surface area contributed by atoms with Crippen LogP contribution >= 0.6 is 11.6 Å². The first-order chi connectivity index (χ1) is 13.0. The van der Waals surface area contributed by atoms with Crippen molar-refractivity contribution in [3.05, 3.63) is 69.2 Å². The van der Waals surface area contributed by atoms with E-state index in [2.05, 4.69) is 12.1 Å². The number of aryl methyl sites for hydroxylation is 1. The van der Waals surface area contributed by atoms with Crippen molar-refractivity contribution in [2.75, 3.05) is 6.61 Å². The summed E-state index contributed by atoms with van der Waals surface area (Å²) in [5.74, 6) is 0.108. The van der Waals surface area contributed by atoms with Gasteiger partial charge in [0.25, 0.3) is 0 Å². The van der Waals surface area contributed by atoms with Crippen molar-refractivity contribution in [1.29, 1.82) is 0 Å². The Morgan fingerprint density at radius 1 is 1.07 bits per heavy atom. The Balaban J connectivity index is 1.74. The lowest BCUT2D eigenvalue weighted by atomic mass is 9.99. The van der Waals surface area contributed by atoms with E-state index in [1.165, 1.54) is 16.7 Å². The van der Waals surface area contributed by atoms with E-state index in [0.717, 1.165) is 46.7 Å². The van der Waals surface area contributed by atoms with Crippen LogP contribution in [-0.2, 0) is 11.2 Å². The Kier molecular flexibility index (Phi) is 6.22. The van der Waals surface area contributed by atoms with E-state index in [0.29, 0.717) is 13.0 Å². The number of ether oxygens (including phenoxy) is 1. The predicted molar refractivity (Wildman–Crippen MR) is 110 cm³/mol. The van der Waals surface area contributed by atoms with Gasteiger partial charge in [0.15, 0.2) is 0 Å². The Morgan fingerprint density at radius 3 is 2.52 bits per heavy atom. The van der Waals surface area contributed by atoms with Gasteiger partial charge in [-0.1, -0.05) is 29.8 Å². The second-order valence-corrected chi connectivity index (χ2v) is 7.53. The van der Waals surface area contributed by atoms with E-state index in [-0.39, 0.29) is 6.42 Å². The van der Waals surface area contributed by atoms with Crippen LogP contribution in [0.15, 0.2) is 42.0 Å². The largest absolute Gasteiger partial charge is 0.489 e. The van der Waals surface area contributed by atoms with E-state index in [4.69, 9.17) is 21.4 Å². The molecule has 2 aromatic rings. The van der Waals surface area contributed by atoms with Crippen LogP contribution in [0.3, 0.4) is 0 Å². The first-order valence-corrected chi connectivity index (χ1v) is 9.74. The van der Waals surface area contributed by atoms with Crippen molar-refractivity contribution in [3.8, 4) is 5.75 Å². The molecule has 0 saturated carbocycles. The topological polar surface area (TPSA) is 46.5 Å². The molecular weight excluding hydrogens is 360 g/mol. The summed E-state index contributed by atoms with van der Waals surface area (Å²) in [6.07, 6.45) is 3.99. The summed E-state index contributed by atoms with van der Waals surface area (Å²) in [4.78, 5) is 10.8. The van der Waals surface area contributed by atoms with E-state index in [1.54, 1.807) is 0 Å². The van der Waals surface area contributed by atoms with Crippen LogP contribution in [0, 0.1) is 13.8 Å². The van der Waals surface area contributed by atoms with Gasteiger partial charge in [-0.05, 0) is 91.1 Å². The Morgan fingerprint density at radius 2 is 1.81 bits per heavy atom. The maximum Gasteiger partial charge on any atom is 0.303 e. The van der Waals surface area contributed by atoms with Gasteiger partial charge >= 0.3 is 5.97 Å². The van der Waals surface area contributed by atoms with Crippen molar-refractivity contribution in [2.24, 2.45) is 0 Å². The summed E-state index contributed by atoms with van der Waals surface area (Å²) in [5.41, 5.74) is 7.23. The molecule has 0 spiro atoms. The molecule has 0 heterocycles. The van der Waals surface area contributed by atoms with Gasteiger partial charge in [-0.3, -0.25) is 4.79 Å². The molecule has 1 aliphatic carbocycles. The molecule has 142 valence electrons. The van der Waals surface area contributed by atoms with Gasteiger partial charge in [-0.25, -0.2) is 0 Å². The third-order valence-corrected chi connectivity index (χ3v) is 5.64. The van der Waals surface area contributed by atoms with E-state index in [9.17, 15) is 4.79 Å². The number of benzene rings is 2. The Bertz CT molecular complexity index is 866. The molecular formula is C23H25ClO3. The number of aliphatic carboxylic acids is 1. The zero-order valence-electron chi connectivity index (χ0n) is 15.8. The van der Waals surface area contributed by atoms with Gasteiger partial charge in [0.2, 0.25) is 0 Å². The molecule has 0 radical (unpaired) electrons. The number of carboxylic acid groups (broad SMARTS) is 1. The monoisotopic (exact) mass is 384 g/mol. The zero-order chi connectivity index (χ0) is 19.4.